The van der Waals surface area contributed by atoms with Gasteiger partial charge in [-0.05, 0) is 33.1 Å². The summed E-state index contributed by atoms with van der Waals surface area (Å²) in [6, 6.07) is 0. The first kappa shape index (κ1) is 22.1. The van der Waals surface area contributed by atoms with E-state index in [-0.39, 0.29) is 6.29 Å². The van der Waals surface area contributed by atoms with E-state index in [4.69, 9.17) is 18.5 Å². The molecule has 0 bridgehead atoms. The number of hydrogen-bond donors (Lipinski definition) is 0. The van der Waals surface area contributed by atoms with Crippen molar-refractivity contribution in [2.24, 2.45) is 0 Å². The van der Waals surface area contributed by atoms with Gasteiger partial charge in [0.05, 0.1) is 19.4 Å². The Bertz CT molecular complexity index is 321. The average Bonchev–Trinajstić information content (AvgIpc) is 3.06. The van der Waals surface area contributed by atoms with E-state index in [1.54, 1.807) is 0 Å². The maximum absolute atomic E-state index is 12.3. The molecule has 0 amide bonds. The predicted molar refractivity (Wildman–Crippen MR) is 97.6 cm³/mol. The third kappa shape index (κ3) is 10.8. The second kappa shape index (κ2) is 14.3. The van der Waals surface area contributed by atoms with E-state index < -0.39 is 7.60 Å². The van der Waals surface area contributed by atoms with Crippen LogP contribution in [0.15, 0.2) is 0 Å². The van der Waals surface area contributed by atoms with Crippen molar-refractivity contribution in [1.29, 1.82) is 0 Å². The third-order valence-corrected chi connectivity index (χ3v) is 6.34. The largest absolute Gasteiger partial charge is 0.353 e. The minimum absolute atomic E-state index is 0.0642. The first-order chi connectivity index (χ1) is 11.7. The predicted octanol–water partition coefficient (Wildman–Crippen LogP) is 5.53. The summed E-state index contributed by atoms with van der Waals surface area (Å²) in [4.78, 5) is 0. The molecule has 1 fully saturated rings. The fourth-order valence-corrected chi connectivity index (χ4v) is 4.65. The summed E-state index contributed by atoms with van der Waals surface area (Å²) >= 11 is 0. The van der Waals surface area contributed by atoms with Crippen LogP contribution in [0.4, 0.5) is 0 Å². The van der Waals surface area contributed by atoms with Crippen LogP contribution in [-0.4, -0.2) is 38.9 Å². The Kier molecular flexibility index (Phi) is 13.1. The zero-order valence-corrected chi connectivity index (χ0v) is 16.6. The summed E-state index contributed by atoms with van der Waals surface area (Å²) in [5.41, 5.74) is 0. The van der Waals surface area contributed by atoms with E-state index >= 15 is 0 Å². The van der Waals surface area contributed by atoms with E-state index in [9.17, 15) is 4.57 Å². The highest BCUT2D eigenvalue weighted by atomic mass is 31.2. The molecular formula is C18H37O5P. The summed E-state index contributed by atoms with van der Waals surface area (Å²) < 4.78 is 34.0. The van der Waals surface area contributed by atoms with Crippen molar-refractivity contribution in [3.05, 3.63) is 0 Å². The van der Waals surface area contributed by atoms with Crippen molar-refractivity contribution in [3.63, 3.8) is 0 Å². The molecule has 1 aliphatic rings. The number of hydrogen-bond acceptors (Lipinski definition) is 5. The molecule has 0 radical (unpaired) electrons. The number of ether oxygens (including phenoxy) is 2. The lowest BCUT2D eigenvalue weighted by molar-refractivity contribution is -0.111. The van der Waals surface area contributed by atoms with E-state index in [0.717, 1.165) is 45.3 Å². The summed E-state index contributed by atoms with van der Waals surface area (Å²) in [5, 5.41) is 0. The highest BCUT2D eigenvalue weighted by molar-refractivity contribution is 7.53. The van der Waals surface area contributed by atoms with Gasteiger partial charge >= 0.3 is 7.60 Å². The first-order valence-electron chi connectivity index (χ1n) is 9.81. The fraction of sp³-hybridized carbons (Fsp3) is 1.00. The zero-order valence-electron chi connectivity index (χ0n) is 15.7. The van der Waals surface area contributed by atoms with E-state index in [1.807, 2.05) is 13.8 Å². The van der Waals surface area contributed by atoms with Crippen molar-refractivity contribution in [1.82, 2.24) is 0 Å². The Labute approximate surface area is 148 Å². The molecule has 0 N–H and O–H groups in total. The summed E-state index contributed by atoms with van der Waals surface area (Å²) in [6.07, 6.45) is 12.2. The molecule has 0 unspecified atom stereocenters. The van der Waals surface area contributed by atoms with Gasteiger partial charge in [-0.2, -0.15) is 0 Å². The van der Waals surface area contributed by atoms with Crippen LogP contribution in [0.3, 0.4) is 0 Å². The van der Waals surface area contributed by atoms with Gasteiger partial charge < -0.3 is 18.5 Å². The van der Waals surface area contributed by atoms with Crippen LogP contribution in [0.25, 0.3) is 0 Å². The molecule has 24 heavy (non-hydrogen) atoms. The molecule has 0 saturated carbocycles. The van der Waals surface area contributed by atoms with Crippen molar-refractivity contribution in [2.45, 2.75) is 84.3 Å². The Morgan fingerprint density at radius 2 is 1.50 bits per heavy atom. The second-order valence-electron chi connectivity index (χ2n) is 6.31. The molecule has 1 atom stereocenters. The smallest absolute Gasteiger partial charge is 0.330 e. The fourth-order valence-electron chi connectivity index (χ4n) is 2.92. The van der Waals surface area contributed by atoms with Gasteiger partial charge in [0.15, 0.2) is 6.29 Å². The Balaban J connectivity index is 1.85. The summed E-state index contributed by atoms with van der Waals surface area (Å²) in [7, 11) is -2.83. The van der Waals surface area contributed by atoms with Crippen LogP contribution in [0, 0.1) is 0 Å². The molecule has 1 saturated heterocycles. The van der Waals surface area contributed by atoms with Crippen LogP contribution in [-0.2, 0) is 23.1 Å². The Hall–Kier alpha value is 0.0700. The van der Waals surface area contributed by atoms with Gasteiger partial charge in [-0.25, -0.2) is 0 Å². The van der Waals surface area contributed by atoms with Gasteiger partial charge in [-0.1, -0.05) is 38.5 Å². The molecule has 5 nitrogen and oxygen atoms in total. The molecule has 6 heteroatoms. The van der Waals surface area contributed by atoms with Crippen LogP contribution in [0.2, 0.25) is 0 Å². The lowest BCUT2D eigenvalue weighted by Crippen LogP contribution is -2.11. The van der Waals surface area contributed by atoms with Crippen molar-refractivity contribution < 1.29 is 23.1 Å². The van der Waals surface area contributed by atoms with Crippen LogP contribution in [0.5, 0.6) is 0 Å². The maximum atomic E-state index is 12.3. The first-order valence-corrected chi connectivity index (χ1v) is 11.5. The quantitative estimate of drug-likeness (QED) is 0.266. The minimum Gasteiger partial charge on any atom is -0.353 e. The molecular weight excluding hydrogens is 327 g/mol. The average molecular weight is 364 g/mol. The molecule has 1 heterocycles. The summed E-state index contributed by atoms with van der Waals surface area (Å²) in [6.45, 7) is 6.31. The molecule has 0 aromatic heterocycles. The molecule has 0 aliphatic carbocycles. The monoisotopic (exact) mass is 364 g/mol. The van der Waals surface area contributed by atoms with Gasteiger partial charge in [-0.15, -0.1) is 0 Å². The standard InChI is InChI=1S/C18H37O5P/c1-3-22-24(19,23-4-2)17-12-10-8-6-5-7-9-11-15-20-18-14-13-16-21-18/h18H,3-17H2,1-2H3/t18-/m1/s1. The molecule has 1 aliphatic heterocycles. The van der Waals surface area contributed by atoms with E-state index in [0.29, 0.717) is 19.4 Å². The van der Waals surface area contributed by atoms with Gasteiger partial charge in [0, 0.05) is 19.6 Å². The highest BCUT2D eigenvalue weighted by Crippen LogP contribution is 2.48. The molecule has 144 valence electrons. The lowest BCUT2D eigenvalue weighted by Gasteiger charge is -2.16. The molecule has 0 spiro atoms. The van der Waals surface area contributed by atoms with Crippen molar-refractivity contribution >= 4 is 7.60 Å². The normalized spacial score (nSPS) is 18.3. The summed E-state index contributed by atoms with van der Waals surface area (Å²) in [5.74, 6) is 0. The van der Waals surface area contributed by atoms with Crippen LogP contribution < -0.4 is 0 Å². The van der Waals surface area contributed by atoms with Crippen molar-refractivity contribution in [2.75, 3.05) is 32.6 Å². The van der Waals surface area contributed by atoms with Gasteiger partial charge in [0.1, 0.15) is 0 Å². The second-order valence-corrected chi connectivity index (χ2v) is 8.50. The number of rotatable bonds is 16. The van der Waals surface area contributed by atoms with E-state index in [1.165, 1.54) is 32.1 Å². The molecule has 1 rings (SSSR count). The SMILES string of the molecule is CCOP(=O)(CCCCCCCCCCO[C@H]1CCCO1)OCC. The minimum atomic E-state index is -2.83. The van der Waals surface area contributed by atoms with Crippen molar-refractivity contribution in [3.8, 4) is 0 Å². The van der Waals surface area contributed by atoms with Crippen LogP contribution >= 0.6 is 7.60 Å². The van der Waals surface area contributed by atoms with E-state index in [2.05, 4.69) is 0 Å². The maximum Gasteiger partial charge on any atom is 0.330 e. The van der Waals surface area contributed by atoms with Gasteiger partial charge in [0.2, 0.25) is 0 Å². The Morgan fingerprint density at radius 1 is 0.917 bits per heavy atom. The molecule has 0 aromatic carbocycles. The van der Waals surface area contributed by atoms with Gasteiger partial charge in [-0.3, -0.25) is 4.57 Å². The molecule has 0 aromatic rings. The highest BCUT2D eigenvalue weighted by Gasteiger charge is 2.22. The Morgan fingerprint density at radius 3 is 2.04 bits per heavy atom. The zero-order chi connectivity index (χ0) is 17.5. The number of unbranched alkanes of at least 4 members (excludes halogenated alkanes) is 7. The van der Waals surface area contributed by atoms with Gasteiger partial charge in [0.25, 0.3) is 0 Å². The van der Waals surface area contributed by atoms with Crippen LogP contribution in [0.1, 0.15) is 78.1 Å². The topological polar surface area (TPSA) is 54.0 Å². The third-order valence-electron chi connectivity index (χ3n) is 4.17. The lowest BCUT2D eigenvalue weighted by atomic mass is 10.1.